The number of nitrogens with one attached hydrogen (secondary N) is 2. The Morgan fingerprint density at radius 3 is 1.79 bits per heavy atom. The number of carbonyl (C=O) groups excluding carboxylic acids is 2. The summed E-state index contributed by atoms with van der Waals surface area (Å²) >= 11 is 0. The van der Waals surface area contributed by atoms with Crippen molar-refractivity contribution in [3.8, 4) is 23.0 Å². The number of ether oxygens (including phenoxy) is 3. The van der Waals surface area contributed by atoms with E-state index >= 15 is 0 Å². The zero-order valence-electron chi connectivity index (χ0n) is 16.0. The number of methoxy groups -OCH3 is 2. The zero-order valence-corrected chi connectivity index (χ0v) is 16.0. The fourth-order valence-electron chi connectivity index (χ4n) is 2.52. The number of benzene rings is 3. The summed E-state index contributed by atoms with van der Waals surface area (Å²) in [5, 5.41) is 0. The van der Waals surface area contributed by atoms with Crippen molar-refractivity contribution >= 4 is 11.8 Å². The lowest BCUT2D eigenvalue weighted by Gasteiger charge is -2.11. The molecule has 0 aromatic heterocycles. The standard InChI is InChI=1S/C22H20N2O5/c1-27-19-12-16(13-20(14-19)28-2)22(26)24-23-21(25)15-7-6-10-18(11-15)29-17-8-4-3-5-9-17/h3-14H,1-2H3,(H,23,25)(H,24,26). The van der Waals surface area contributed by atoms with Crippen LogP contribution in [0, 0.1) is 0 Å². The van der Waals surface area contributed by atoms with Crippen LogP contribution in [0.1, 0.15) is 20.7 Å². The first-order valence-electron chi connectivity index (χ1n) is 8.76. The maximum Gasteiger partial charge on any atom is 0.269 e. The summed E-state index contributed by atoms with van der Waals surface area (Å²) in [5.41, 5.74) is 5.38. The normalized spacial score (nSPS) is 10.0. The van der Waals surface area contributed by atoms with Gasteiger partial charge in [-0.25, -0.2) is 0 Å². The highest BCUT2D eigenvalue weighted by molar-refractivity contribution is 5.99. The molecule has 0 radical (unpaired) electrons. The predicted molar refractivity (Wildman–Crippen MR) is 107 cm³/mol. The quantitative estimate of drug-likeness (QED) is 0.627. The SMILES string of the molecule is COc1cc(OC)cc(C(=O)NNC(=O)c2cccc(Oc3ccccc3)c2)c1. The Morgan fingerprint density at radius 2 is 1.17 bits per heavy atom. The van der Waals surface area contributed by atoms with E-state index in [0.717, 1.165) is 0 Å². The van der Waals surface area contributed by atoms with Gasteiger partial charge < -0.3 is 14.2 Å². The Bertz CT molecular complexity index is 983. The van der Waals surface area contributed by atoms with E-state index in [1.807, 2.05) is 30.3 Å². The van der Waals surface area contributed by atoms with Crippen LogP contribution in [0.2, 0.25) is 0 Å². The van der Waals surface area contributed by atoms with Gasteiger partial charge >= 0.3 is 0 Å². The summed E-state index contributed by atoms with van der Waals surface area (Å²) in [6, 6.07) is 20.6. The number of amides is 2. The lowest BCUT2D eigenvalue weighted by Crippen LogP contribution is -2.41. The van der Waals surface area contributed by atoms with Gasteiger partial charge in [-0.2, -0.15) is 0 Å². The molecule has 0 heterocycles. The Morgan fingerprint density at radius 1 is 0.621 bits per heavy atom. The molecule has 0 unspecified atom stereocenters. The molecule has 7 heteroatoms. The fourth-order valence-corrected chi connectivity index (χ4v) is 2.52. The average Bonchev–Trinajstić information content (AvgIpc) is 2.77. The molecule has 0 aliphatic heterocycles. The second kappa shape index (κ2) is 9.27. The summed E-state index contributed by atoms with van der Waals surface area (Å²) in [6.45, 7) is 0. The highest BCUT2D eigenvalue weighted by Crippen LogP contribution is 2.23. The molecule has 2 N–H and O–H groups in total. The summed E-state index contributed by atoms with van der Waals surface area (Å²) in [7, 11) is 2.98. The first-order valence-corrected chi connectivity index (χ1v) is 8.76. The van der Waals surface area contributed by atoms with Crippen LogP contribution in [0.4, 0.5) is 0 Å². The molecule has 0 spiro atoms. The topological polar surface area (TPSA) is 85.9 Å². The van der Waals surface area contributed by atoms with E-state index in [2.05, 4.69) is 10.9 Å². The van der Waals surface area contributed by atoms with E-state index < -0.39 is 11.8 Å². The van der Waals surface area contributed by atoms with Crippen molar-refractivity contribution < 1.29 is 23.8 Å². The van der Waals surface area contributed by atoms with Gasteiger partial charge in [0.05, 0.1) is 14.2 Å². The maximum atomic E-state index is 12.4. The minimum absolute atomic E-state index is 0.280. The molecule has 29 heavy (non-hydrogen) atoms. The molecular weight excluding hydrogens is 372 g/mol. The number of hydrogen-bond donors (Lipinski definition) is 2. The van der Waals surface area contributed by atoms with E-state index in [1.54, 1.807) is 42.5 Å². The third kappa shape index (κ3) is 5.26. The summed E-state index contributed by atoms with van der Waals surface area (Å²) in [4.78, 5) is 24.8. The average molecular weight is 392 g/mol. The van der Waals surface area contributed by atoms with E-state index in [9.17, 15) is 9.59 Å². The van der Waals surface area contributed by atoms with Gasteiger partial charge in [-0.05, 0) is 42.5 Å². The molecule has 0 bridgehead atoms. The molecule has 3 aromatic carbocycles. The van der Waals surface area contributed by atoms with E-state index in [0.29, 0.717) is 28.6 Å². The van der Waals surface area contributed by atoms with Gasteiger partial charge in [0.25, 0.3) is 11.8 Å². The Labute approximate surface area is 168 Å². The second-order valence-corrected chi connectivity index (χ2v) is 5.95. The van der Waals surface area contributed by atoms with Gasteiger partial charge in [-0.15, -0.1) is 0 Å². The van der Waals surface area contributed by atoms with Crippen molar-refractivity contribution in [3.05, 3.63) is 83.9 Å². The van der Waals surface area contributed by atoms with Crippen LogP contribution in [0.15, 0.2) is 72.8 Å². The van der Waals surface area contributed by atoms with Gasteiger partial charge in [0.2, 0.25) is 0 Å². The molecule has 0 aliphatic carbocycles. The number of hydrazine groups is 1. The molecular formula is C22H20N2O5. The molecule has 3 rings (SSSR count). The molecule has 3 aromatic rings. The summed E-state index contributed by atoms with van der Waals surface area (Å²) < 4.78 is 16.0. The lowest BCUT2D eigenvalue weighted by molar-refractivity contribution is 0.0846. The van der Waals surface area contributed by atoms with Gasteiger partial charge in [-0.1, -0.05) is 24.3 Å². The van der Waals surface area contributed by atoms with Crippen molar-refractivity contribution in [2.45, 2.75) is 0 Å². The predicted octanol–water partition coefficient (Wildman–Crippen LogP) is 3.57. The maximum absolute atomic E-state index is 12.4. The monoisotopic (exact) mass is 392 g/mol. The summed E-state index contributed by atoms with van der Waals surface area (Å²) in [5.74, 6) is 1.11. The van der Waals surface area contributed by atoms with Crippen LogP contribution in [0.3, 0.4) is 0 Å². The van der Waals surface area contributed by atoms with Crippen molar-refractivity contribution in [2.75, 3.05) is 14.2 Å². The molecule has 2 amide bonds. The minimum atomic E-state index is -0.507. The molecule has 148 valence electrons. The van der Waals surface area contributed by atoms with Crippen LogP contribution in [-0.2, 0) is 0 Å². The molecule has 0 saturated carbocycles. The van der Waals surface area contributed by atoms with Crippen molar-refractivity contribution in [3.63, 3.8) is 0 Å². The van der Waals surface area contributed by atoms with Crippen LogP contribution in [0.5, 0.6) is 23.0 Å². The Hall–Kier alpha value is -4.00. The molecule has 0 fully saturated rings. The molecule has 7 nitrogen and oxygen atoms in total. The third-order valence-corrected chi connectivity index (χ3v) is 3.98. The Kier molecular flexibility index (Phi) is 6.32. The lowest BCUT2D eigenvalue weighted by atomic mass is 10.2. The van der Waals surface area contributed by atoms with Gasteiger partial charge in [-0.3, -0.25) is 20.4 Å². The number of para-hydroxylation sites is 1. The molecule has 0 atom stereocenters. The fraction of sp³-hybridized carbons (Fsp3) is 0.0909. The van der Waals surface area contributed by atoms with Gasteiger partial charge in [0.1, 0.15) is 23.0 Å². The van der Waals surface area contributed by atoms with Crippen LogP contribution < -0.4 is 25.1 Å². The highest BCUT2D eigenvalue weighted by Gasteiger charge is 2.12. The smallest absolute Gasteiger partial charge is 0.269 e. The third-order valence-electron chi connectivity index (χ3n) is 3.98. The van der Waals surface area contributed by atoms with E-state index in [-0.39, 0.29) is 5.56 Å². The van der Waals surface area contributed by atoms with Crippen LogP contribution >= 0.6 is 0 Å². The molecule has 0 saturated heterocycles. The first-order chi connectivity index (χ1) is 14.1. The number of hydrogen-bond acceptors (Lipinski definition) is 5. The zero-order chi connectivity index (χ0) is 20.6. The van der Waals surface area contributed by atoms with E-state index in [4.69, 9.17) is 14.2 Å². The van der Waals surface area contributed by atoms with Crippen molar-refractivity contribution in [2.24, 2.45) is 0 Å². The summed E-state index contributed by atoms with van der Waals surface area (Å²) in [6.07, 6.45) is 0. The highest BCUT2D eigenvalue weighted by atomic mass is 16.5. The second-order valence-electron chi connectivity index (χ2n) is 5.95. The van der Waals surface area contributed by atoms with Crippen molar-refractivity contribution in [1.29, 1.82) is 0 Å². The molecule has 0 aliphatic rings. The van der Waals surface area contributed by atoms with Crippen LogP contribution in [0.25, 0.3) is 0 Å². The Balaban J connectivity index is 1.65. The van der Waals surface area contributed by atoms with Crippen LogP contribution in [-0.4, -0.2) is 26.0 Å². The van der Waals surface area contributed by atoms with Crippen molar-refractivity contribution in [1.82, 2.24) is 10.9 Å². The van der Waals surface area contributed by atoms with Gasteiger partial charge in [0, 0.05) is 17.2 Å². The van der Waals surface area contributed by atoms with Gasteiger partial charge in [0.15, 0.2) is 0 Å². The number of carbonyl (C=O) groups is 2. The van der Waals surface area contributed by atoms with E-state index in [1.165, 1.54) is 14.2 Å². The minimum Gasteiger partial charge on any atom is -0.497 e. The number of rotatable bonds is 6. The first kappa shape index (κ1) is 19.8. The largest absolute Gasteiger partial charge is 0.497 e.